The molecule has 1 aromatic heterocycles. The molecule has 0 atom stereocenters. The third kappa shape index (κ3) is 4.48. The van der Waals surface area contributed by atoms with Crippen molar-refractivity contribution in [3.63, 3.8) is 0 Å². The van der Waals surface area contributed by atoms with Gasteiger partial charge in [-0.2, -0.15) is 0 Å². The summed E-state index contributed by atoms with van der Waals surface area (Å²) in [7, 11) is 0. The van der Waals surface area contributed by atoms with Crippen molar-refractivity contribution in [1.29, 1.82) is 0 Å². The van der Waals surface area contributed by atoms with Crippen LogP contribution in [0, 0.1) is 0 Å². The molecule has 7 nitrogen and oxygen atoms in total. The van der Waals surface area contributed by atoms with Crippen molar-refractivity contribution in [1.82, 2.24) is 9.97 Å². The van der Waals surface area contributed by atoms with Crippen LogP contribution in [0.2, 0.25) is 0 Å². The molecule has 0 radical (unpaired) electrons. The molecule has 2 aromatic rings. The molecule has 0 saturated carbocycles. The van der Waals surface area contributed by atoms with Crippen LogP contribution in [0.15, 0.2) is 30.6 Å². The molecular weight excluding hydrogens is 342 g/mol. The van der Waals surface area contributed by atoms with Gasteiger partial charge in [-0.3, -0.25) is 4.79 Å². The molecule has 0 unspecified atom stereocenters. The smallest absolute Gasteiger partial charge is 0.224 e. The van der Waals surface area contributed by atoms with Gasteiger partial charge in [0.1, 0.15) is 30.3 Å². The molecule has 2 aliphatic rings. The number of aromatic nitrogens is 2. The first-order valence-electron chi connectivity index (χ1n) is 9.64. The summed E-state index contributed by atoms with van der Waals surface area (Å²) in [5.41, 5.74) is 2.02. The standard InChI is InChI=1S/C20H25N5O2/c26-20-7-4-15-12-16(5-6-17(15)24-20)27-11-8-21-18-13-19(23-14-22-18)25-9-2-1-3-10-25/h5-6,12-14H,1-4,7-11H2,(H,24,26)(H,21,22,23). The Balaban J connectivity index is 1.27. The molecule has 142 valence electrons. The third-order valence-electron chi connectivity index (χ3n) is 4.98. The minimum Gasteiger partial charge on any atom is -0.492 e. The number of nitrogens with one attached hydrogen (secondary N) is 2. The Morgan fingerprint density at radius 2 is 2.00 bits per heavy atom. The number of aryl methyl sites for hydroxylation is 1. The zero-order valence-electron chi connectivity index (χ0n) is 15.4. The third-order valence-corrected chi connectivity index (χ3v) is 4.98. The van der Waals surface area contributed by atoms with Crippen molar-refractivity contribution in [2.75, 3.05) is 41.8 Å². The summed E-state index contributed by atoms with van der Waals surface area (Å²) in [6, 6.07) is 7.81. The lowest BCUT2D eigenvalue weighted by molar-refractivity contribution is -0.116. The number of carbonyl (C=O) groups excluding carboxylic acids is 1. The number of carbonyl (C=O) groups is 1. The summed E-state index contributed by atoms with van der Waals surface area (Å²) in [5, 5.41) is 6.19. The second-order valence-electron chi connectivity index (χ2n) is 6.95. The Hall–Kier alpha value is -2.83. The summed E-state index contributed by atoms with van der Waals surface area (Å²) in [4.78, 5) is 22.4. The molecule has 0 aliphatic carbocycles. The number of benzene rings is 1. The van der Waals surface area contributed by atoms with Gasteiger partial charge in [0, 0.05) is 31.3 Å². The van der Waals surface area contributed by atoms with Crippen LogP contribution in [0.3, 0.4) is 0 Å². The van der Waals surface area contributed by atoms with Crippen LogP contribution in [-0.2, 0) is 11.2 Å². The van der Waals surface area contributed by atoms with E-state index in [0.717, 1.165) is 48.1 Å². The van der Waals surface area contributed by atoms with E-state index in [1.807, 2.05) is 24.3 Å². The van der Waals surface area contributed by atoms with Crippen LogP contribution in [0.5, 0.6) is 5.75 Å². The molecule has 2 N–H and O–H groups in total. The lowest BCUT2D eigenvalue weighted by Crippen LogP contribution is -2.30. The lowest BCUT2D eigenvalue weighted by Gasteiger charge is -2.27. The van der Waals surface area contributed by atoms with Gasteiger partial charge in [0.15, 0.2) is 0 Å². The number of nitrogens with zero attached hydrogens (tertiary/aromatic N) is 3. The van der Waals surface area contributed by atoms with Crippen LogP contribution in [-0.4, -0.2) is 42.1 Å². The van der Waals surface area contributed by atoms with E-state index >= 15 is 0 Å². The Kier molecular flexibility index (Phi) is 5.37. The minimum absolute atomic E-state index is 0.0779. The minimum atomic E-state index is 0.0779. The van der Waals surface area contributed by atoms with Gasteiger partial charge < -0.3 is 20.3 Å². The van der Waals surface area contributed by atoms with Crippen LogP contribution in [0.1, 0.15) is 31.2 Å². The maximum Gasteiger partial charge on any atom is 0.224 e. The predicted molar refractivity (Wildman–Crippen MR) is 105 cm³/mol. The first-order chi connectivity index (χ1) is 13.3. The highest BCUT2D eigenvalue weighted by molar-refractivity contribution is 5.93. The van der Waals surface area contributed by atoms with Crippen LogP contribution < -0.4 is 20.3 Å². The average molecular weight is 367 g/mol. The number of rotatable bonds is 6. The fourth-order valence-electron chi connectivity index (χ4n) is 3.54. The molecule has 1 fully saturated rings. The number of fused-ring (bicyclic) bond motifs is 1. The Labute approximate surface area is 159 Å². The zero-order valence-corrected chi connectivity index (χ0v) is 15.4. The molecule has 27 heavy (non-hydrogen) atoms. The SMILES string of the molecule is O=C1CCc2cc(OCCNc3cc(N4CCCCC4)ncn3)ccc2N1. The maximum absolute atomic E-state index is 11.4. The van der Waals surface area contributed by atoms with Gasteiger partial charge >= 0.3 is 0 Å². The number of piperidine rings is 1. The second-order valence-corrected chi connectivity index (χ2v) is 6.95. The van der Waals surface area contributed by atoms with E-state index < -0.39 is 0 Å². The first kappa shape index (κ1) is 17.6. The number of amides is 1. The fourth-order valence-corrected chi connectivity index (χ4v) is 3.54. The molecule has 0 spiro atoms. The Morgan fingerprint density at radius 3 is 2.89 bits per heavy atom. The molecule has 1 aromatic carbocycles. The highest BCUT2D eigenvalue weighted by Crippen LogP contribution is 2.26. The molecular formula is C20H25N5O2. The Morgan fingerprint density at radius 1 is 1.11 bits per heavy atom. The number of hydrogen-bond donors (Lipinski definition) is 2. The summed E-state index contributed by atoms with van der Waals surface area (Å²) in [6.07, 6.45) is 6.67. The molecule has 7 heteroatoms. The van der Waals surface area contributed by atoms with E-state index in [4.69, 9.17) is 4.74 Å². The first-order valence-corrected chi connectivity index (χ1v) is 9.64. The highest BCUT2D eigenvalue weighted by Gasteiger charge is 2.15. The quantitative estimate of drug-likeness (QED) is 0.765. The van der Waals surface area contributed by atoms with Gasteiger partial charge in [0.05, 0.1) is 6.54 Å². The maximum atomic E-state index is 11.4. The largest absolute Gasteiger partial charge is 0.492 e. The van der Waals surface area contributed by atoms with Crippen molar-refractivity contribution >= 4 is 23.2 Å². The van der Waals surface area contributed by atoms with Gasteiger partial charge in [-0.25, -0.2) is 9.97 Å². The summed E-state index contributed by atoms with van der Waals surface area (Å²) >= 11 is 0. The van der Waals surface area contributed by atoms with Crippen LogP contribution >= 0.6 is 0 Å². The van der Waals surface area contributed by atoms with Crippen molar-refractivity contribution in [3.05, 3.63) is 36.2 Å². The van der Waals surface area contributed by atoms with Crippen LogP contribution in [0.4, 0.5) is 17.3 Å². The molecule has 3 heterocycles. The van der Waals surface area contributed by atoms with Gasteiger partial charge in [-0.1, -0.05) is 0 Å². The van der Waals surface area contributed by atoms with Gasteiger partial charge in [0.25, 0.3) is 0 Å². The van der Waals surface area contributed by atoms with E-state index in [0.29, 0.717) is 19.6 Å². The Bertz CT molecular complexity index is 805. The van der Waals surface area contributed by atoms with Crippen molar-refractivity contribution in [3.8, 4) is 5.75 Å². The van der Waals surface area contributed by atoms with E-state index in [9.17, 15) is 4.79 Å². The van der Waals surface area contributed by atoms with Gasteiger partial charge in [-0.05, 0) is 49.4 Å². The molecule has 0 bridgehead atoms. The van der Waals surface area contributed by atoms with E-state index in [1.54, 1.807) is 6.33 Å². The van der Waals surface area contributed by atoms with Gasteiger partial charge in [-0.15, -0.1) is 0 Å². The molecule has 1 saturated heterocycles. The summed E-state index contributed by atoms with van der Waals surface area (Å²) in [6.45, 7) is 3.33. The molecule has 2 aliphatic heterocycles. The zero-order chi connectivity index (χ0) is 18.5. The van der Waals surface area contributed by atoms with E-state index in [2.05, 4.69) is 25.5 Å². The fraction of sp³-hybridized carbons (Fsp3) is 0.450. The highest BCUT2D eigenvalue weighted by atomic mass is 16.5. The van der Waals surface area contributed by atoms with Crippen molar-refractivity contribution < 1.29 is 9.53 Å². The topological polar surface area (TPSA) is 79.4 Å². The van der Waals surface area contributed by atoms with Crippen molar-refractivity contribution in [2.45, 2.75) is 32.1 Å². The van der Waals surface area contributed by atoms with E-state index in [1.165, 1.54) is 19.3 Å². The average Bonchev–Trinajstić information content (AvgIpc) is 2.72. The monoisotopic (exact) mass is 367 g/mol. The molecule has 1 amide bonds. The summed E-state index contributed by atoms with van der Waals surface area (Å²) in [5.74, 6) is 2.71. The second kappa shape index (κ2) is 8.24. The van der Waals surface area contributed by atoms with E-state index in [-0.39, 0.29) is 5.91 Å². The van der Waals surface area contributed by atoms with Gasteiger partial charge in [0.2, 0.25) is 5.91 Å². The number of hydrogen-bond acceptors (Lipinski definition) is 6. The number of ether oxygens (including phenoxy) is 1. The van der Waals surface area contributed by atoms with Crippen molar-refractivity contribution in [2.24, 2.45) is 0 Å². The lowest BCUT2D eigenvalue weighted by atomic mass is 10.0. The summed E-state index contributed by atoms with van der Waals surface area (Å²) < 4.78 is 5.84. The van der Waals surface area contributed by atoms with Crippen LogP contribution in [0.25, 0.3) is 0 Å². The molecule has 4 rings (SSSR count). The number of anilines is 3. The predicted octanol–water partition coefficient (Wildman–Crippen LogP) is 2.84. The normalized spacial score (nSPS) is 16.4.